The van der Waals surface area contributed by atoms with Crippen LogP contribution >= 0.6 is 11.5 Å². The molecule has 0 spiro atoms. The Morgan fingerprint density at radius 2 is 1.69 bits per heavy atom. The zero-order chi connectivity index (χ0) is 25.5. The van der Waals surface area contributed by atoms with Crippen molar-refractivity contribution in [2.45, 2.75) is 20.3 Å². The third-order valence-corrected chi connectivity index (χ3v) is 5.68. The van der Waals surface area contributed by atoms with Crippen molar-refractivity contribution in [1.82, 2.24) is 9.69 Å². The second-order valence-electron chi connectivity index (χ2n) is 7.60. The molecule has 0 aliphatic rings. The minimum absolute atomic E-state index is 0.0236. The molecule has 12 heteroatoms. The maximum Gasteiger partial charge on any atom is 0.323 e. The molecule has 0 aliphatic heterocycles. The number of carbonyl (C=O) groups excluding carboxylic acids is 3. The van der Waals surface area contributed by atoms with Gasteiger partial charge in [-0.3, -0.25) is 14.9 Å². The lowest BCUT2D eigenvalue weighted by Gasteiger charge is -2.11. The minimum Gasteiger partial charge on any atom is -0.481 e. The molecule has 0 aliphatic carbocycles. The fraction of sp³-hybridized carbons (Fsp3) is 0.174. The minimum atomic E-state index is -1.06. The van der Waals surface area contributed by atoms with Crippen molar-refractivity contribution in [3.05, 3.63) is 59.2 Å². The lowest BCUT2D eigenvalue weighted by Crippen LogP contribution is -2.31. The van der Waals surface area contributed by atoms with E-state index in [1.54, 1.807) is 31.2 Å². The molecule has 11 nitrogen and oxygen atoms in total. The highest BCUT2D eigenvalue weighted by molar-refractivity contribution is 7.10. The van der Waals surface area contributed by atoms with E-state index in [9.17, 15) is 19.2 Å². The number of primary amides is 1. The Labute approximate surface area is 204 Å². The van der Waals surface area contributed by atoms with E-state index >= 15 is 0 Å². The zero-order valence-electron chi connectivity index (χ0n) is 19.0. The number of carboxylic acid groups (broad SMARTS) is 1. The zero-order valence-corrected chi connectivity index (χ0v) is 19.8. The summed E-state index contributed by atoms with van der Waals surface area (Å²) in [6.07, 6.45) is -0.249. The van der Waals surface area contributed by atoms with Crippen LogP contribution in [0.1, 0.15) is 27.9 Å². The Morgan fingerprint density at radius 1 is 0.971 bits per heavy atom. The van der Waals surface area contributed by atoms with Gasteiger partial charge in [0.1, 0.15) is 5.56 Å². The van der Waals surface area contributed by atoms with E-state index in [2.05, 4.69) is 25.6 Å². The fourth-order valence-corrected chi connectivity index (χ4v) is 4.17. The Hall–Kier alpha value is -4.45. The summed E-state index contributed by atoms with van der Waals surface area (Å²) in [5.74, 6) is -1.86. The van der Waals surface area contributed by atoms with E-state index in [0.717, 1.165) is 22.7 Å². The molecule has 0 saturated carbocycles. The van der Waals surface area contributed by atoms with E-state index in [1.807, 2.05) is 25.1 Å². The number of amides is 5. The molecule has 2 aromatic carbocycles. The summed E-state index contributed by atoms with van der Waals surface area (Å²) in [5.41, 5.74) is 9.20. The van der Waals surface area contributed by atoms with Crippen molar-refractivity contribution >= 4 is 52.7 Å². The summed E-state index contributed by atoms with van der Waals surface area (Å²) in [6.45, 7) is 3.64. The quantitative estimate of drug-likeness (QED) is 0.277. The number of rotatable bonds is 8. The van der Waals surface area contributed by atoms with Gasteiger partial charge in [-0.2, -0.15) is 4.37 Å². The van der Waals surface area contributed by atoms with Crippen molar-refractivity contribution < 1.29 is 24.3 Å². The number of hydrogen-bond donors (Lipinski definition) is 6. The van der Waals surface area contributed by atoms with Gasteiger partial charge in [0.15, 0.2) is 5.82 Å². The predicted octanol–water partition coefficient (Wildman–Crippen LogP) is 3.77. The van der Waals surface area contributed by atoms with Crippen LogP contribution in [-0.2, 0) is 4.79 Å². The number of carbonyl (C=O) groups is 4. The van der Waals surface area contributed by atoms with Gasteiger partial charge < -0.3 is 26.8 Å². The first-order valence-corrected chi connectivity index (χ1v) is 11.2. The molecule has 1 aromatic heterocycles. The van der Waals surface area contributed by atoms with Gasteiger partial charge >= 0.3 is 18.0 Å². The number of hydrogen-bond acceptors (Lipinski definition) is 6. The summed E-state index contributed by atoms with van der Waals surface area (Å²) in [7, 11) is 0. The van der Waals surface area contributed by atoms with Crippen LogP contribution in [0.5, 0.6) is 0 Å². The van der Waals surface area contributed by atoms with Gasteiger partial charge in [-0.05, 0) is 66.3 Å². The molecule has 0 unspecified atom stereocenters. The van der Waals surface area contributed by atoms with Crippen LogP contribution in [0.2, 0.25) is 0 Å². The molecular formula is C23H24N6O5S. The lowest BCUT2D eigenvalue weighted by atomic mass is 10.0. The van der Waals surface area contributed by atoms with Crippen LogP contribution in [0, 0.1) is 13.8 Å². The van der Waals surface area contributed by atoms with E-state index in [-0.39, 0.29) is 24.3 Å². The second kappa shape index (κ2) is 11.1. The lowest BCUT2D eigenvalue weighted by molar-refractivity contribution is -0.136. The summed E-state index contributed by atoms with van der Waals surface area (Å²) in [5, 5.41) is 19.0. The molecular weight excluding hydrogens is 472 g/mol. The fourth-order valence-electron chi connectivity index (χ4n) is 3.24. The number of anilines is 3. The van der Waals surface area contributed by atoms with Gasteiger partial charge in [0.2, 0.25) is 0 Å². The third kappa shape index (κ3) is 6.77. The van der Waals surface area contributed by atoms with Crippen LogP contribution in [0.3, 0.4) is 0 Å². The largest absolute Gasteiger partial charge is 0.481 e. The maximum absolute atomic E-state index is 12.4. The third-order valence-electron chi connectivity index (χ3n) is 4.80. The van der Waals surface area contributed by atoms with E-state index in [4.69, 9.17) is 10.8 Å². The molecule has 0 atom stereocenters. The Balaban J connectivity index is 1.74. The Bertz CT molecular complexity index is 1290. The van der Waals surface area contributed by atoms with Crippen molar-refractivity contribution in [3.63, 3.8) is 0 Å². The summed E-state index contributed by atoms with van der Waals surface area (Å²) < 4.78 is 4.14. The molecule has 7 N–H and O–H groups in total. The molecule has 5 amide bonds. The smallest absolute Gasteiger partial charge is 0.323 e. The monoisotopic (exact) mass is 496 g/mol. The maximum atomic E-state index is 12.4. The van der Waals surface area contributed by atoms with Gasteiger partial charge in [-0.15, -0.1) is 0 Å². The van der Waals surface area contributed by atoms with Crippen LogP contribution in [0.25, 0.3) is 10.4 Å². The first kappa shape index (κ1) is 25.2. The van der Waals surface area contributed by atoms with Crippen LogP contribution in [-0.4, -0.2) is 40.0 Å². The molecule has 3 aromatic rings. The predicted molar refractivity (Wildman–Crippen MR) is 134 cm³/mol. The standard InChI is InChI=1S/C23H24N6O5S/c1-12-4-3-5-14(10-12)26-23(34)27-15-6-7-16(13(2)11-15)19-18(20(24)32)21(29-35-19)28-22(33)25-9-8-17(30)31/h3-7,10-11H,8-9H2,1-2H3,(H2,24,32)(H,30,31)(H2,26,27,34)(H2,25,28,29,33). The highest BCUT2D eigenvalue weighted by Crippen LogP contribution is 2.36. The normalized spacial score (nSPS) is 10.3. The van der Waals surface area contributed by atoms with Gasteiger partial charge in [0.05, 0.1) is 11.3 Å². The average molecular weight is 497 g/mol. The molecule has 182 valence electrons. The van der Waals surface area contributed by atoms with Gasteiger partial charge in [-0.25, -0.2) is 9.59 Å². The van der Waals surface area contributed by atoms with Crippen molar-refractivity contribution in [2.24, 2.45) is 5.73 Å². The van der Waals surface area contributed by atoms with Gasteiger partial charge in [0.25, 0.3) is 5.91 Å². The average Bonchev–Trinajstić information content (AvgIpc) is 3.16. The van der Waals surface area contributed by atoms with Crippen molar-refractivity contribution in [3.8, 4) is 10.4 Å². The first-order chi connectivity index (χ1) is 16.6. The van der Waals surface area contributed by atoms with Gasteiger partial charge in [-0.1, -0.05) is 18.2 Å². The second-order valence-corrected chi connectivity index (χ2v) is 8.38. The summed E-state index contributed by atoms with van der Waals surface area (Å²) in [6, 6.07) is 11.4. The number of nitrogens with one attached hydrogen (secondary N) is 4. The van der Waals surface area contributed by atoms with Gasteiger partial charge in [0, 0.05) is 17.9 Å². The number of nitrogens with zero attached hydrogens (tertiary/aromatic N) is 1. The molecule has 0 bridgehead atoms. The highest BCUT2D eigenvalue weighted by Gasteiger charge is 2.22. The number of aromatic nitrogens is 1. The number of benzene rings is 2. The number of aryl methyl sites for hydroxylation is 2. The van der Waals surface area contributed by atoms with Crippen LogP contribution < -0.4 is 27.0 Å². The molecule has 0 fully saturated rings. The molecule has 3 rings (SSSR count). The Morgan fingerprint density at radius 3 is 2.31 bits per heavy atom. The van der Waals surface area contributed by atoms with E-state index in [0.29, 0.717) is 21.8 Å². The highest BCUT2D eigenvalue weighted by atomic mass is 32.1. The molecule has 0 saturated heterocycles. The van der Waals surface area contributed by atoms with Crippen molar-refractivity contribution in [1.29, 1.82) is 0 Å². The van der Waals surface area contributed by atoms with E-state index < -0.39 is 23.9 Å². The Kier molecular flexibility index (Phi) is 8.00. The number of nitrogens with two attached hydrogens (primary N) is 1. The summed E-state index contributed by atoms with van der Waals surface area (Å²) in [4.78, 5) is 47.6. The van der Waals surface area contributed by atoms with Crippen LogP contribution in [0.15, 0.2) is 42.5 Å². The molecule has 35 heavy (non-hydrogen) atoms. The number of urea groups is 2. The first-order valence-electron chi connectivity index (χ1n) is 10.5. The molecule has 0 radical (unpaired) electrons. The van der Waals surface area contributed by atoms with E-state index in [1.165, 1.54) is 0 Å². The molecule has 1 heterocycles. The van der Waals surface area contributed by atoms with Crippen molar-refractivity contribution in [2.75, 3.05) is 22.5 Å². The number of carboxylic acids is 1. The summed E-state index contributed by atoms with van der Waals surface area (Å²) >= 11 is 0.978. The SMILES string of the molecule is Cc1cccc(NC(=O)Nc2ccc(-c3snc(NC(=O)NCCC(=O)O)c3C(N)=O)c(C)c2)c1. The number of aliphatic carboxylic acids is 1. The topological polar surface area (TPSA) is 176 Å². The van der Waals surface area contributed by atoms with Crippen LogP contribution in [0.4, 0.5) is 26.8 Å².